The Kier molecular flexibility index (Phi) is 8.71. The number of carbonyl (C=O) groups excluding carboxylic acids is 2. The second-order valence-electron chi connectivity index (χ2n) is 16.1. The Morgan fingerprint density at radius 3 is 2.43 bits per heavy atom. The van der Waals surface area contributed by atoms with Crippen molar-refractivity contribution in [2.24, 2.45) is 33.5 Å². The van der Waals surface area contributed by atoms with Gasteiger partial charge in [-0.25, -0.2) is 4.79 Å². The van der Waals surface area contributed by atoms with Gasteiger partial charge in [-0.15, -0.1) is 0 Å². The number of fused-ring (bicyclic) bond motifs is 1. The molecule has 1 aromatic carbocycles. The summed E-state index contributed by atoms with van der Waals surface area (Å²) in [7, 11) is 0. The van der Waals surface area contributed by atoms with E-state index in [4.69, 9.17) is 20.8 Å². The molecule has 0 saturated heterocycles. The van der Waals surface area contributed by atoms with Gasteiger partial charge in [-0.2, -0.15) is 13.2 Å². The summed E-state index contributed by atoms with van der Waals surface area (Å²) >= 11 is 6.35. The van der Waals surface area contributed by atoms with Crippen molar-refractivity contribution in [2.45, 2.75) is 96.9 Å². The summed E-state index contributed by atoms with van der Waals surface area (Å²) in [6.07, 6.45) is 5.97. The van der Waals surface area contributed by atoms with Gasteiger partial charge in [0, 0.05) is 33.9 Å². The van der Waals surface area contributed by atoms with E-state index in [1.54, 1.807) is 11.8 Å². The molecule has 8 rings (SSSR count). The van der Waals surface area contributed by atoms with E-state index in [0.717, 1.165) is 25.0 Å². The van der Waals surface area contributed by atoms with Gasteiger partial charge in [0.15, 0.2) is 5.76 Å². The zero-order valence-corrected chi connectivity index (χ0v) is 30.4. The Morgan fingerprint density at radius 2 is 1.73 bits per heavy atom. The molecule has 2 bridgehead atoms. The predicted octanol–water partition coefficient (Wildman–Crippen LogP) is 9.26. The molecule has 276 valence electrons. The van der Waals surface area contributed by atoms with E-state index in [9.17, 15) is 33.0 Å². The molecule has 1 unspecified atom stereocenters. The van der Waals surface area contributed by atoms with Crippen LogP contribution < -0.4 is 0 Å². The average Bonchev–Trinajstić information content (AvgIpc) is 3.66. The number of alkyl halides is 3. The maximum Gasteiger partial charge on any atom is 0.416 e. The van der Waals surface area contributed by atoms with E-state index >= 15 is 0 Å². The number of hydrogen-bond acceptors (Lipinski definition) is 6. The minimum Gasteiger partial charge on any atom is -0.453 e. The molecule has 8 atom stereocenters. The highest BCUT2D eigenvalue weighted by Crippen LogP contribution is 2.78. The van der Waals surface area contributed by atoms with Crippen molar-refractivity contribution in [3.63, 3.8) is 0 Å². The zero-order valence-electron chi connectivity index (χ0n) is 29.6. The number of allylic oxidation sites excluding steroid dienone is 4. The van der Waals surface area contributed by atoms with Gasteiger partial charge in [0.05, 0.1) is 35.4 Å². The number of ether oxygens (including phenoxy) is 1. The predicted molar refractivity (Wildman–Crippen MR) is 186 cm³/mol. The molecule has 2 spiro atoms. The van der Waals surface area contributed by atoms with Gasteiger partial charge in [-0.1, -0.05) is 50.6 Å². The highest BCUT2D eigenvalue weighted by molar-refractivity contribution is 6.33. The van der Waals surface area contributed by atoms with Gasteiger partial charge in [0.2, 0.25) is 5.78 Å². The largest absolute Gasteiger partial charge is 0.453 e. The van der Waals surface area contributed by atoms with Gasteiger partial charge in [-0.05, 0) is 106 Å². The lowest BCUT2D eigenvalue weighted by atomic mass is 9.32. The van der Waals surface area contributed by atoms with Crippen molar-refractivity contribution in [3.05, 3.63) is 70.5 Å². The maximum absolute atomic E-state index is 14.9. The summed E-state index contributed by atoms with van der Waals surface area (Å²) < 4.78 is 52.3. The Morgan fingerprint density at radius 1 is 1.02 bits per heavy atom. The van der Waals surface area contributed by atoms with Crippen molar-refractivity contribution >= 4 is 23.5 Å². The molecule has 7 nitrogen and oxygen atoms in total. The molecule has 51 heavy (non-hydrogen) atoms. The number of aliphatic hydroxyl groups excluding tert-OH is 1. The molecule has 1 heterocycles. The number of hydrogen-bond donors (Lipinski definition) is 2. The molecule has 0 radical (unpaired) electrons. The van der Waals surface area contributed by atoms with Crippen LogP contribution in [0.2, 0.25) is 5.02 Å². The summed E-state index contributed by atoms with van der Waals surface area (Å²) in [6.45, 7) is 8.92. The number of benzene rings is 1. The normalized spacial score (nSPS) is 36.6. The summed E-state index contributed by atoms with van der Waals surface area (Å²) in [5.41, 5.74) is -3.83. The Bertz CT molecular complexity index is 1800. The molecule has 11 heteroatoms. The number of rotatable bonds is 8. The molecule has 6 aliphatic carbocycles. The van der Waals surface area contributed by atoms with E-state index in [0.29, 0.717) is 50.6 Å². The third kappa shape index (κ3) is 5.20. The minimum atomic E-state index is -4.59. The molecule has 3 saturated carbocycles. The number of Topliss-reactive ketones (excluding diaryl/α,β-unsaturated/α-hetero) is 1. The van der Waals surface area contributed by atoms with Gasteiger partial charge >= 0.3 is 12.3 Å². The topological polar surface area (TPSA) is 100 Å². The molecule has 2 N–H and O–H groups in total. The first-order valence-electron chi connectivity index (χ1n) is 18.3. The van der Waals surface area contributed by atoms with Crippen LogP contribution in [0.15, 0.2) is 58.6 Å². The molecule has 3 fully saturated rings. The number of furan rings is 1. The van der Waals surface area contributed by atoms with Crippen molar-refractivity contribution in [1.82, 2.24) is 4.90 Å². The van der Waals surface area contributed by atoms with Crippen LogP contribution in [0.5, 0.6) is 0 Å². The Balaban J connectivity index is 1.32. The van der Waals surface area contributed by atoms with Crippen molar-refractivity contribution in [3.8, 4) is 11.3 Å². The maximum atomic E-state index is 14.9. The molecule has 1 amide bonds. The minimum absolute atomic E-state index is 0.00904. The van der Waals surface area contributed by atoms with E-state index in [1.165, 1.54) is 18.2 Å². The van der Waals surface area contributed by atoms with Crippen molar-refractivity contribution < 1.29 is 42.1 Å². The lowest BCUT2D eigenvalue weighted by Crippen LogP contribution is -2.67. The van der Waals surface area contributed by atoms with Crippen LogP contribution >= 0.6 is 11.6 Å². The summed E-state index contributed by atoms with van der Waals surface area (Å²) in [6, 6.07) is 5.97. The number of carbonyl (C=O) groups is 2. The van der Waals surface area contributed by atoms with E-state index in [1.807, 2.05) is 6.92 Å². The number of nitrogens with zero attached hydrogens (tertiary/aromatic N) is 1. The van der Waals surface area contributed by atoms with Crippen LogP contribution in [-0.2, 0) is 10.9 Å². The number of aliphatic hydroxyl groups is 2. The fraction of sp³-hybridized carbons (Fsp3) is 0.600. The summed E-state index contributed by atoms with van der Waals surface area (Å²) in [5, 5.41) is 23.7. The summed E-state index contributed by atoms with van der Waals surface area (Å²) in [4.78, 5) is 29.6. The van der Waals surface area contributed by atoms with Gasteiger partial charge < -0.3 is 24.3 Å². The van der Waals surface area contributed by atoms with E-state index in [2.05, 4.69) is 32.1 Å². The SMILES string of the molecule is CCCN(C[C@]1(O)CC[C@H]2[C@]34C=C[C@@]5(C=C3C(=O)c3ccc(-c6cc(C(F)(F)F)ccc6Cl)o3)CC(O)CC[C@]5(C)[C@H]4CC[C@@]21C)C(=O)OCC. The van der Waals surface area contributed by atoms with Gasteiger partial charge in [0.25, 0.3) is 0 Å². The van der Waals surface area contributed by atoms with Crippen LogP contribution in [0.25, 0.3) is 11.3 Å². The molecule has 6 aliphatic rings. The Hall–Kier alpha value is -3.08. The monoisotopic (exact) mass is 729 g/mol. The van der Waals surface area contributed by atoms with Gasteiger partial charge in [0.1, 0.15) is 5.76 Å². The molecular formula is C40H47ClF3NO6. The van der Waals surface area contributed by atoms with Crippen LogP contribution in [0, 0.1) is 33.5 Å². The van der Waals surface area contributed by atoms with Gasteiger partial charge in [-0.3, -0.25) is 4.79 Å². The fourth-order valence-corrected chi connectivity index (χ4v) is 11.5. The number of amides is 1. The smallest absolute Gasteiger partial charge is 0.416 e. The molecular weight excluding hydrogens is 683 g/mol. The molecule has 2 aromatic rings. The lowest BCUT2D eigenvalue weighted by Gasteiger charge is -2.71. The molecule has 0 aliphatic heterocycles. The summed E-state index contributed by atoms with van der Waals surface area (Å²) in [5.74, 6) is -0.462. The van der Waals surface area contributed by atoms with Crippen molar-refractivity contribution in [1.29, 1.82) is 0 Å². The number of halogens is 4. The highest BCUT2D eigenvalue weighted by atomic mass is 35.5. The first kappa shape index (κ1) is 36.3. The number of ketones is 1. The highest BCUT2D eigenvalue weighted by Gasteiger charge is 2.74. The fourth-order valence-electron chi connectivity index (χ4n) is 11.3. The lowest BCUT2D eigenvalue weighted by molar-refractivity contribution is -0.175. The quantitative estimate of drug-likeness (QED) is 0.208. The van der Waals surface area contributed by atoms with E-state index in [-0.39, 0.29) is 58.3 Å². The second kappa shape index (κ2) is 12.2. The Labute approximate surface area is 301 Å². The van der Waals surface area contributed by atoms with Crippen molar-refractivity contribution in [2.75, 3.05) is 19.7 Å². The van der Waals surface area contributed by atoms with Crippen LogP contribution in [0.3, 0.4) is 0 Å². The first-order valence-corrected chi connectivity index (χ1v) is 18.6. The van der Waals surface area contributed by atoms with E-state index < -0.39 is 45.8 Å². The van der Waals surface area contributed by atoms with Crippen LogP contribution in [-0.4, -0.2) is 58.4 Å². The second-order valence-corrected chi connectivity index (χ2v) is 16.5. The molecule has 1 aromatic heterocycles. The third-order valence-electron chi connectivity index (χ3n) is 13.8. The zero-order chi connectivity index (χ0) is 36.8. The van der Waals surface area contributed by atoms with Crippen LogP contribution in [0.4, 0.5) is 18.0 Å². The standard InChI is InChI=1S/C40H47ClF3NO6/c1-5-19-45(34(48)50-6-2)23-38(49)16-13-32-36(38,4)15-12-31-35(3)14-11-25(46)21-37(35)17-18-39(31,32)27(22-37)33(47)30-10-9-29(51-30)26-20-24(40(42,43)44)7-8-28(26)41/h7-10,17-18,20,22,25,31-32,46,49H,5-6,11-16,19,21,23H2,1-4H3/t25?,31-,32-,35-,36+,37+,38-,39-/m1/s1. The third-order valence-corrected chi connectivity index (χ3v) is 14.1. The first-order chi connectivity index (χ1) is 24.0. The van der Waals surface area contributed by atoms with Crippen LogP contribution in [0.1, 0.15) is 95.2 Å². The average molecular weight is 730 g/mol.